The lowest BCUT2D eigenvalue weighted by Gasteiger charge is -2.27. The normalized spacial score (nSPS) is 21.7. The van der Waals surface area contributed by atoms with Crippen molar-refractivity contribution in [3.05, 3.63) is 52.3 Å². The number of quaternary nitrogens is 1. The maximum atomic E-state index is 12.7. The van der Waals surface area contributed by atoms with Crippen LogP contribution in [0.25, 0.3) is 0 Å². The van der Waals surface area contributed by atoms with Crippen LogP contribution in [0.15, 0.2) is 36.5 Å². The second kappa shape index (κ2) is 7.18. The van der Waals surface area contributed by atoms with Gasteiger partial charge >= 0.3 is 0 Å². The predicted molar refractivity (Wildman–Crippen MR) is 97.8 cm³/mol. The molecule has 2 N–H and O–H groups in total. The highest BCUT2D eigenvalue weighted by Crippen LogP contribution is 2.23. The Balaban J connectivity index is 1.74. The summed E-state index contributed by atoms with van der Waals surface area (Å²) in [6, 6.07) is 9.50. The molecule has 128 valence electrons. The Hall–Kier alpha value is -1.49. The predicted octanol–water partition coefficient (Wildman–Crippen LogP) is 3.08. The van der Waals surface area contributed by atoms with Crippen LogP contribution in [-0.4, -0.2) is 23.1 Å². The number of amides is 1. The number of likely N-dealkylation sites (tertiary alicyclic amines) is 1. The fraction of sp³-hybridized carbons (Fsp3) is 0.389. The SMILES string of the molecule is C[C@@H](C(=O)Nc1cc(Cl)cc(Cl)c1)[NH+]1CCC[C@@H]1c1cccn1C. The smallest absolute Gasteiger partial charge is 0.282 e. The Morgan fingerprint density at radius 1 is 1.33 bits per heavy atom. The van der Waals surface area contributed by atoms with Gasteiger partial charge in [-0.15, -0.1) is 0 Å². The lowest BCUT2D eigenvalue weighted by Crippen LogP contribution is -3.15. The number of nitrogens with zero attached hydrogens (tertiary/aromatic N) is 1. The first kappa shape index (κ1) is 17.3. The summed E-state index contributed by atoms with van der Waals surface area (Å²) < 4.78 is 2.15. The van der Waals surface area contributed by atoms with Gasteiger partial charge in [-0.25, -0.2) is 0 Å². The number of halogens is 2. The van der Waals surface area contributed by atoms with E-state index in [0.29, 0.717) is 21.8 Å². The zero-order chi connectivity index (χ0) is 17.3. The van der Waals surface area contributed by atoms with Gasteiger partial charge in [-0.05, 0) is 37.3 Å². The molecule has 1 aromatic carbocycles. The van der Waals surface area contributed by atoms with Crippen molar-refractivity contribution in [2.45, 2.75) is 31.8 Å². The molecule has 0 bridgehead atoms. The van der Waals surface area contributed by atoms with Gasteiger partial charge in [0.05, 0.1) is 12.2 Å². The standard InChI is InChI=1S/C18H21Cl2N3O/c1-12(18(24)21-15-10-13(19)9-14(20)11-15)23-8-4-6-17(23)16-5-3-7-22(16)2/h3,5,7,9-12,17H,4,6,8H2,1-2H3,(H,21,24)/p+1/t12-,17+/m0/s1. The summed E-state index contributed by atoms with van der Waals surface area (Å²) in [5, 5.41) is 3.97. The molecule has 1 aliphatic heterocycles. The number of aromatic nitrogens is 1. The van der Waals surface area contributed by atoms with Gasteiger partial charge in [0, 0.05) is 41.8 Å². The monoisotopic (exact) mass is 366 g/mol. The molecule has 2 heterocycles. The van der Waals surface area contributed by atoms with Crippen LogP contribution >= 0.6 is 23.2 Å². The minimum absolute atomic E-state index is 0.00978. The summed E-state index contributed by atoms with van der Waals surface area (Å²) >= 11 is 12.0. The van der Waals surface area contributed by atoms with Crippen molar-refractivity contribution >= 4 is 34.8 Å². The van der Waals surface area contributed by atoms with Crippen LogP contribution < -0.4 is 10.2 Å². The molecule has 1 saturated heterocycles. The molecular weight excluding hydrogens is 345 g/mol. The third-order valence-electron chi connectivity index (χ3n) is 4.83. The van der Waals surface area contributed by atoms with Crippen molar-refractivity contribution in [2.24, 2.45) is 7.05 Å². The molecule has 1 fully saturated rings. The Bertz CT molecular complexity index is 723. The molecule has 4 nitrogen and oxygen atoms in total. The van der Waals surface area contributed by atoms with Gasteiger partial charge in [0.15, 0.2) is 6.04 Å². The molecule has 6 heteroatoms. The molecule has 1 aromatic heterocycles. The second-order valence-corrected chi connectivity index (χ2v) is 7.31. The maximum absolute atomic E-state index is 12.7. The van der Waals surface area contributed by atoms with E-state index in [1.54, 1.807) is 18.2 Å². The van der Waals surface area contributed by atoms with E-state index in [2.05, 4.69) is 35.3 Å². The molecule has 1 aliphatic rings. The number of hydrogen-bond acceptors (Lipinski definition) is 1. The lowest BCUT2D eigenvalue weighted by atomic mass is 10.1. The first-order valence-electron chi connectivity index (χ1n) is 8.19. The van der Waals surface area contributed by atoms with Crippen LogP contribution in [0.4, 0.5) is 5.69 Å². The van der Waals surface area contributed by atoms with E-state index in [1.165, 1.54) is 10.6 Å². The van der Waals surface area contributed by atoms with Crippen molar-refractivity contribution in [3.63, 3.8) is 0 Å². The number of hydrogen-bond donors (Lipinski definition) is 2. The molecule has 1 amide bonds. The topological polar surface area (TPSA) is 38.5 Å². The van der Waals surface area contributed by atoms with Crippen molar-refractivity contribution in [3.8, 4) is 0 Å². The van der Waals surface area contributed by atoms with Crippen molar-refractivity contribution in [1.82, 2.24) is 4.57 Å². The Morgan fingerprint density at radius 2 is 2.04 bits per heavy atom. The van der Waals surface area contributed by atoms with Gasteiger partial charge in [-0.3, -0.25) is 4.79 Å². The maximum Gasteiger partial charge on any atom is 0.282 e. The minimum Gasteiger partial charge on any atom is -0.350 e. The third-order valence-corrected chi connectivity index (χ3v) is 5.26. The molecule has 1 unspecified atom stereocenters. The van der Waals surface area contributed by atoms with Gasteiger partial charge in [0.25, 0.3) is 5.91 Å². The molecule has 0 saturated carbocycles. The second-order valence-electron chi connectivity index (χ2n) is 6.43. The summed E-state index contributed by atoms with van der Waals surface area (Å²) in [6.07, 6.45) is 4.30. The van der Waals surface area contributed by atoms with Crippen molar-refractivity contribution < 1.29 is 9.69 Å². The molecule has 3 atom stereocenters. The van der Waals surface area contributed by atoms with E-state index < -0.39 is 0 Å². The van der Waals surface area contributed by atoms with Crippen LogP contribution in [-0.2, 0) is 11.8 Å². The summed E-state index contributed by atoms with van der Waals surface area (Å²) in [5.41, 5.74) is 1.92. The zero-order valence-corrected chi connectivity index (χ0v) is 15.4. The molecule has 2 aromatic rings. The highest BCUT2D eigenvalue weighted by Gasteiger charge is 2.38. The average Bonchev–Trinajstić information content (AvgIpc) is 3.13. The van der Waals surface area contributed by atoms with E-state index in [0.717, 1.165) is 19.4 Å². The van der Waals surface area contributed by atoms with Crippen molar-refractivity contribution in [1.29, 1.82) is 0 Å². The highest BCUT2D eigenvalue weighted by molar-refractivity contribution is 6.35. The molecule has 0 spiro atoms. The first-order chi connectivity index (χ1) is 11.5. The molecule has 0 radical (unpaired) electrons. The Labute approximate surface area is 152 Å². The molecule has 24 heavy (non-hydrogen) atoms. The summed E-state index contributed by atoms with van der Waals surface area (Å²) in [4.78, 5) is 14.0. The number of benzene rings is 1. The van der Waals surface area contributed by atoms with E-state index >= 15 is 0 Å². The average molecular weight is 367 g/mol. The molecular formula is C18H22Cl2N3O+. The largest absolute Gasteiger partial charge is 0.350 e. The number of aryl methyl sites for hydroxylation is 1. The quantitative estimate of drug-likeness (QED) is 0.857. The fourth-order valence-electron chi connectivity index (χ4n) is 3.61. The van der Waals surface area contributed by atoms with Gasteiger partial charge in [0.1, 0.15) is 6.04 Å². The highest BCUT2D eigenvalue weighted by atomic mass is 35.5. The summed E-state index contributed by atoms with van der Waals surface area (Å²) in [5.74, 6) is -0.00978. The third kappa shape index (κ3) is 3.61. The van der Waals surface area contributed by atoms with Crippen LogP contribution in [0, 0.1) is 0 Å². The zero-order valence-electron chi connectivity index (χ0n) is 13.9. The van der Waals surface area contributed by atoms with Crippen LogP contribution in [0.2, 0.25) is 10.0 Å². The van der Waals surface area contributed by atoms with E-state index in [1.807, 2.05) is 6.92 Å². The van der Waals surface area contributed by atoms with Gasteiger partial charge in [-0.2, -0.15) is 0 Å². The van der Waals surface area contributed by atoms with Crippen LogP contribution in [0.3, 0.4) is 0 Å². The Morgan fingerprint density at radius 3 is 2.67 bits per heavy atom. The van der Waals surface area contributed by atoms with Gasteiger partial charge in [-0.1, -0.05) is 23.2 Å². The van der Waals surface area contributed by atoms with Gasteiger partial charge in [0.2, 0.25) is 0 Å². The minimum atomic E-state index is -0.148. The summed E-state index contributed by atoms with van der Waals surface area (Å²) in [6.45, 7) is 2.98. The number of carbonyl (C=O) groups is 1. The summed E-state index contributed by atoms with van der Waals surface area (Å²) in [7, 11) is 2.06. The molecule has 0 aliphatic carbocycles. The number of rotatable bonds is 4. The van der Waals surface area contributed by atoms with E-state index in [9.17, 15) is 4.79 Å². The molecule has 3 rings (SSSR count). The van der Waals surface area contributed by atoms with E-state index in [4.69, 9.17) is 23.2 Å². The first-order valence-corrected chi connectivity index (χ1v) is 8.95. The van der Waals surface area contributed by atoms with Crippen LogP contribution in [0.1, 0.15) is 31.5 Å². The number of carbonyl (C=O) groups excluding carboxylic acids is 1. The van der Waals surface area contributed by atoms with Gasteiger partial charge < -0.3 is 14.8 Å². The van der Waals surface area contributed by atoms with Crippen LogP contribution in [0.5, 0.6) is 0 Å². The Kier molecular flexibility index (Phi) is 5.18. The van der Waals surface area contributed by atoms with E-state index in [-0.39, 0.29) is 11.9 Å². The number of anilines is 1. The number of nitrogens with one attached hydrogen (secondary N) is 2. The lowest BCUT2D eigenvalue weighted by molar-refractivity contribution is -0.932. The van der Waals surface area contributed by atoms with Crippen molar-refractivity contribution in [2.75, 3.05) is 11.9 Å². The fourth-order valence-corrected chi connectivity index (χ4v) is 4.13.